The van der Waals surface area contributed by atoms with Crippen molar-refractivity contribution in [1.82, 2.24) is 10.2 Å². The van der Waals surface area contributed by atoms with Gasteiger partial charge in [-0.2, -0.15) is 0 Å². The average molecular weight is 433 g/mol. The fraction of sp³-hybridized carbons (Fsp3) is 0.611. The number of hydrogen-bond donors (Lipinski definition) is 1. The number of aryl methyl sites for hydroxylation is 1. The molecule has 0 atom stereocenters. The van der Waals surface area contributed by atoms with Gasteiger partial charge in [-0.3, -0.25) is 4.99 Å². The van der Waals surface area contributed by atoms with E-state index in [2.05, 4.69) is 74.2 Å². The fourth-order valence-corrected chi connectivity index (χ4v) is 2.16. The number of guanidine groups is 1. The van der Waals surface area contributed by atoms with Crippen LogP contribution in [-0.4, -0.2) is 43.7 Å². The van der Waals surface area contributed by atoms with Gasteiger partial charge >= 0.3 is 0 Å². The topological polar surface area (TPSA) is 36.9 Å². The third kappa shape index (κ3) is 9.15. The first-order chi connectivity index (χ1) is 10.5. The summed E-state index contributed by atoms with van der Waals surface area (Å²) in [6.07, 6.45) is 1.24. The van der Waals surface area contributed by atoms with Gasteiger partial charge in [0.25, 0.3) is 0 Å². The number of halogens is 1. The lowest BCUT2D eigenvalue weighted by Gasteiger charge is -2.23. The van der Waals surface area contributed by atoms with Crippen molar-refractivity contribution in [3.05, 3.63) is 35.4 Å². The Hall–Kier alpha value is -0.820. The van der Waals surface area contributed by atoms with Crippen LogP contribution >= 0.6 is 24.0 Å². The van der Waals surface area contributed by atoms with Gasteiger partial charge in [-0.15, -0.1) is 24.0 Å². The van der Waals surface area contributed by atoms with Gasteiger partial charge in [0.15, 0.2) is 5.96 Å². The molecule has 0 saturated heterocycles. The van der Waals surface area contributed by atoms with E-state index in [9.17, 15) is 0 Å². The van der Waals surface area contributed by atoms with E-state index < -0.39 is 0 Å². The van der Waals surface area contributed by atoms with Gasteiger partial charge < -0.3 is 15.0 Å². The number of ether oxygens (including phenoxy) is 1. The van der Waals surface area contributed by atoms with Crippen molar-refractivity contribution in [2.24, 2.45) is 4.99 Å². The summed E-state index contributed by atoms with van der Waals surface area (Å²) in [5.74, 6) is 0.954. The van der Waals surface area contributed by atoms with E-state index in [0.29, 0.717) is 6.10 Å². The number of rotatable bonds is 8. The molecule has 0 aliphatic heterocycles. The maximum absolute atomic E-state index is 5.55. The van der Waals surface area contributed by atoms with Gasteiger partial charge in [0, 0.05) is 33.3 Å². The Labute approximate surface area is 158 Å². The van der Waals surface area contributed by atoms with Crippen molar-refractivity contribution in [3.63, 3.8) is 0 Å². The molecule has 1 rings (SSSR count). The molecule has 23 heavy (non-hydrogen) atoms. The Morgan fingerprint density at radius 1 is 1.30 bits per heavy atom. The van der Waals surface area contributed by atoms with Crippen LogP contribution in [0, 0.1) is 6.92 Å². The Morgan fingerprint density at radius 3 is 2.61 bits per heavy atom. The van der Waals surface area contributed by atoms with Crippen LogP contribution in [-0.2, 0) is 11.3 Å². The number of nitrogens with one attached hydrogen (secondary N) is 1. The van der Waals surface area contributed by atoms with Crippen LogP contribution in [0.1, 0.15) is 38.3 Å². The van der Waals surface area contributed by atoms with Gasteiger partial charge in [-0.25, -0.2) is 0 Å². The monoisotopic (exact) mass is 433 g/mol. The first-order valence-electron chi connectivity index (χ1n) is 8.20. The summed E-state index contributed by atoms with van der Waals surface area (Å²) in [4.78, 5) is 6.86. The molecule has 5 heteroatoms. The zero-order chi connectivity index (χ0) is 16.4. The normalized spacial score (nSPS) is 11.3. The summed E-state index contributed by atoms with van der Waals surface area (Å²) in [6, 6.07) is 8.48. The van der Waals surface area contributed by atoms with Gasteiger partial charge in [0.1, 0.15) is 0 Å². The minimum absolute atomic E-state index is 0. The maximum Gasteiger partial charge on any atom is 0.193 e. The second-order valence-electron chi connectivity index (χ2n) is 5.79. The zero-order valence-corrected chi connectivity index (χ0v) is 17.5. The molecule has 4 nitrogen and oxygen atoms in total. The predicted octanol–water partition coefficient (Wildman–Crippen LogP) is 3.83. The number of hydrogen-bond acceptors (Lipinski definition) is 2. The van der Waals surface area contributed by atoms with Crippen molar-refractivity contribution in [3.8, 4) is 0 Å². The molecule has 0 aliphatic rings. The highest BCUT2D eigenvalue weighted by atomic mass is 127. The first kappa shape index (κ1) is 22.2. The third-order valence-corrected chi connectivity index (χ3v) is 3.38. The van der Waals surface area contributed by atoms with Crippen molar-refractivity contribution >= 4 is 29.9 Å². The largest absolute Gasteiger partial charge is 0.379 e. The molecule has 0 aliphatic carbocycles. The van der Waals surface area contributed by atoms with E-state index in [0.717, 1.165) is 38.6 Å². The highest BCUT2D eigenvalue weighted by Gasteiger charge is 2.07. The molecule has 1 N–H and O–H groups in total. The summed E-state index contributed by atoms with van der Waals surface area (Å²) in [5, 5.41) is 3.36. The minimum Gasteiger partial charge on any atom is -0.379 e. The second-order valence-corrected chi connectivity index (χ2v) is 5.79. The Bertz CT molecular complexity index is 463. The maximum atomic E-state index is 5.55. The number of nitrogens with zero attached hydrogens (tertiary/aromatic N) is 2. The quantitative estimate of drug-likeness (QED) is 0.293. The van der Waals surface area contributed by atoms with Gasteiger partial charge in [-0.05, 0) is 45.2 Å². The lowest BCUT2D eigenvalue weighted by Crippen LogP contribution is -2.38. The van der Waals surface area contributed by atoms with Crippen LogP contribution in [0.2, 0.25) is 0 Å². The van der Waals surface area contributed by atoms with E-state index in [1.807, 2.05) is 0 Å². The smallest absolute Gasteiger partial charge is 0.193 e. The Morgan fingerprint density at radius 2 is 2.00 bits per heavy atom. The zero-order valence-electron chi connectivity index (χ0n) is 15.1. The summed E-state index contributed by atoms with van der Waals surface area (Å²) in [7, 11) is 2.08. The summed E-state index contributed by atoms with van der Waals surface area (Å²) >= 11 is 0. The van der Waals surface area contributed by atoms with E-state index in [-0.39, 0.29) is 24.0 Å². The predicted molar refractivity (Wildman–Crippen MR) is 110 cm³/mol. The van der Waals surface area contributed by atoms with Crippen molar-refractivity contribution in [2.45, 2.75) is 46.8 Å². The molecular weight excluding hydrogens is 401 g/mol. The number of benzene rings is 1. The minimum atomic E-state index is 0. The van der Waals surface area contributed by atoms with Crippen LogP contribution in [0.25, 0.3) is 0 Å². The van der Waals surface area contributed by atoms with Crippen molar-refractivity contribution < 1.29 is 4.74 Å². The molecule has 0 bridgehead atoms. The number of aliphatic imine (C=N–C) groups is 1. The molecule has 0 amide bonds. The second kappa shape index (κ2) is 12.6. The first-order valence-corrected chi connectivity index (χ1v) is 8.20. The van der Waals surface area contributed by atoms with Gasteiger partial charge in [0.2, 0.25) is 0 Å². The molecule has 132 valence electrons. The van der Waals surface area contributed by atoms with Crippen LogP contribution in [0.5, 0.6) is 0 Å². The average Bonchev–Trinajstić information content (AvgIpc) is 2.47. The fourth-order valence-electron chi connectivity index (χ4n) is 2.16. The van der Waals surface area contributed by atoms with Gasteiger partial charge in [0.05, 0.1) is 6.10 Å². The molecule has 0 saturated carbocycles. The highest BCUT2D eigenvalue weighted by molar-refractivity contribution is 14.0. The SMILES string of the molecule is CCNC(=NCCCOC(C)C)N(C)Cc1ccccc1C.I. The molecular formula is C18H32IN3O. The molecule has 0 unspecified atom stereocenters. The van der Waals surface area contributed by atoms with Crippen LogP contribution < -0.4 is 5.32 Å². The highest BCUT2D eigenvalue weighted by Crippen LogP contribution is 2.09. The molecule has 0 spiro atoms. The van der Waals surface area contributed by atoms with E-state index in [4.69, 9.17) is 4.74 Å². The molecule has 1 aromatic carbocycles. The Balaban J connectivity index is 0.00000484. The molecule has 0 fully saturated rings. The van der Waals surface area contributed by atoms with Crippen LogP contribution in [0.15, 0.2) is 29.3 Å². The molecule has 0 heterocycles. The molecule has 0 radical (unpaired) electrons. The van der Waals surface area contributed by atoms with E-state index >= 15 is 0 Å². The van der Waals surface area contributed by atoms with Gasteiger partial charge in [-0.1, -0.05) is 24.3 Å². The van der Waals surface area contributed by atoms with E-state index in [1.165, 1.54) is 11.1 Å². The lowest BCUT2D eigenvalue weighted by molar-refractivity contribution is 0.0782. The standard InChI is InChI=1S/C18H31N3O.HI/c1-6-19-18(20-12-9-13-22-15(2)3)21(5)14-17-11-8-7-10-16(17)4;/h7-8,10-11,15H,6,9,12-14H2,1-5H3,(H,19,20);1H. The summed E-state index contributed by atoms with van der Waals surface area (Å²) in [5.41, 5.74) is 2.65. The van der Waals surface area contributed by atoms with Crippen LogP contribution in [0.3, 0.4) is 0 Å². The third-order valence-electron chi connectivity index (χ3n) is 3.38. The summed E-state index contributed by atoms with van der Waals surface area (Å²) in [6.45, 7) is 11.7. The summed E-state index contributed by atoms with van der Waals surface area (Å²) < 4.78 is 5.55. The molecule has 0 aromatic heterocycles. The van der Waals surface area contributed by atoms with Crippen molar-refractivity contribution in [2.75, 3.05) is 26.7 Å². The van der Waals surface area contributed by atoms with E-state index in [1.54, 1.807) is 0 Å². The lowest BCUT2D eigenvalue weighted by atomic mass is 10.1. The molecule has 1 aromatic rings. The Kier molecular flexibility index (Phi) is 12.1. The van der Waals surface area contributed by atoms with Crippen molar-refractivity contribution in [1.29, 1.82) is 0 Å². The van der Waals surface area contributed by atoms with Crippen LogP contribution in [0.4, 0.5) is 0 Å².